The fourth-order valence-electron chi connectivity index (χ4n) is 2.00. The van der Waals surface area contributed by atoms with Crippen LogP contribution in [0.25, 0.3) is 0 Å². The Morgan fingerprint density at radius 1 is 1.36 bits per heavy atom. The van der Waals surface area contributed by atoms with Gasteiger partial charge in [-0.15, -0.1) is 0 Å². The highest BCUT2D eigenvalue weighted by molar-refractivity contribution is 5.80. The quantitative estimate of drug-likeness (QED) is 0.703. The van der Waals surface area contributed by atoms with Crippen LogP contribution in [0.1, 0.15) is 33.1 Å². The fraction of sp³-hybridized carbons (Fsp3) is 0.909. The minimum atomic E-state index is 0.851. The predicted molar refractivity (Wildman–Crippen MR) is 60.9 cm³/mol. The summed E-state index contributed by atoms with van der Waals surface area (Å²) in [6, 6.07) is 0. The molecule has 0 unspecified atom stereocenters. The zero-order valence-corrected chi connectivity index (χ0v) is 9.55. The molecular formula is C11H23N3. The molecule has 0 aromatic heterocycles. The number of nitrogens with zero attached hydrogens (tertiary/aromatic N) is 2. The van der Waals surface area contributed by atoms with Gasteiger partial charge in [0.25, 0.3) is 0 Å². The third kappa shape index (κ3) is 3.29. The third-order valence-electron chi connectivity index (χ3n) is 3.02. The van der Waals surface area contributed by atoms with Gasteiger partial charge in [0.2, 0.25) is 0 Å². The van der Waals surface area contributed by atoms with Crippen molar-refractivity contribution in [3.63, 3.8) is 0 Å². The normalized spacial score (nSPS) is 17.1. The Balaban J connectivity index is 2.11. The Kier molecular flexibility index (Phi) is 4.94. The van der Waals surface area contributed by atoms with Crippen LogP contribution in [0, 0.1) is 5.41 Å². The van der Waals surface area contributed by atoms with Crippen LogP contribution >= 0.6 is 0 Å². The second-order valence-corrected chi connectivity index (χ2v) is 3.92. The van der Waals surface area contributed by atoms with Gasteiger partial charge >= 0.3 is 0 Å². The van der Waals surface area contributed by atoms with E-state index in [2.05, 4.69) is 23.6 Å². The maximum atomic E-state index is 7.69. The average molecular weight is 197 g/mol. The highest BCUT2D eigenvalue weighted by Crippen LogP contribution is 2.10. The molecule has 1 N–H and O–H groups in total. The zero-order valence-electron chi connectivity index (χ0n) is 9.55. The number of likely N-dealkylation sites (tertiary alicyclic amines) is 1. The standard InChI is InChI=1S/C11H23N3/c1-3-13(4-2)8-6-10-14-9-5-7-11(14)12/h12H,3-10H2,1-2H3. The summed E-state index contributed by atoms with van der Waals surface area (Å²) < 4.78 is 0. The monoisotopic (exact) mass is 197 g/mol. The molecule has 0 spiro atoms. The first-order valence-corrected chi connectivity index (χ1v) is 5.82. The van der Waals surface area contributed by atoms with Gasteiger partial charge in [-0.05, 0) is 32.5 Å². The Hall–Kier alpha value is -0.570. The first kappa shape index (κ1) is 11.5. The summed E-state index contributed by atoms with van der Waals surface area (Å²) in [6.45, 7) is 10.1. The molecular weight excluding hydrogens is 174 g/mol. The van der Waals surface area contributed by atoms with Gasteiger partial charge in [0.1, 0.15) is 0 Å². The molecule has 0 aliphatic carbocycles. The molecule has 0 bridgehead atoms. The average Bonchev–Trinajstić information content (AvgIpc) is 2.59. The van der Waals surface area contributed by atoms with Crippen molar-refractivity contribution in [1.82, 2.24) is 9.80 Å². The van der Waals surface area contributed by atoms with Crippen LogP contribution in [0.5, 0.6) is 0 Å². The van der Waals surface area contributed by atoms with Crippen molar-refractivity contribution in [1.29, 1.82) is 5.41 Å². The van der Waals surface area contributed by atoms with Crippen LogP contribution in [-0.2, 0) is 0 Å². The summed E-state index contributed by atoms with van der Waals surface area (Å²) in [7, 11) is 0. The molecule has 0 aromatic rings. The van der Waals surface area contributed by atoms with Crippen LogP contribution in [0.4, 0.5) is 0 Å². The van der Waals surface area contributed by atoms with Crippen molar-refractivity contribution < 1.29 is 0 Å². The van der Waals surface area contributed by atoms with Gasteiger partial charge in [0.15, 0.2) is 0 Å². The fourth-order valence-corrected chi connectivity index (χ4v) is 2.00. The van der Waals surface area contributed by atoms with E-state index in [0.717, 1.165) is 38.4 Å². The lowest BCUT2D eigenvalue weighted by atomic mass is 10.3. The summed E-state index contributed by atoms with van der Waals surface area (Å²) in [4.78, 5) is 4.67. The first-order chi connectivity index (χ1) is 6.77. The molecule has 3 nitrogen and oxygen atoms in total. The molecule has 0 radical (unpaired) electrons. The van der Waals surface area contributed by atoms with E-state index < -0.39 is 0 Å². The van der Waals surface area contributed by atoms with Crippen molar-refractivity contribution in [2.45, 2.75) is 33.1 Å². The smallest absolute Gasteiger partial charge is 0.0958 e. The van der Waals surface area contributed by atoms with E-state index in [4.69, 9.17) is 5.41 Å². The minimum absolute atomic E-state index is 0.851. The Morgan fingerprint density at radius 3 is 2.57 bits per heavy atom. The molecule has 14 heavy (non-hydrogen) atoms. The van der Waals surface area contributed by atoms with Crippen molar-refractivity contribution >= 4 is 5.84 Å². The number of hydrogen-bond acceptors (Lipinski definition) is 2. The van der Waals surface area contributed by atoms with Crippen LogP contribution in [0.2, 0.25) is 0 Å². The lowest BCUT2D eigenvalue weighted by molar-refractivity contribution is 0.285. The molecule has 1 aliphatic rings. The Labute approximate surface area is 87.6 Å². The first-order valence-electron chi connectivity index (χ1n) is 5.82. The molecule has 0 atom stereocenters. The molecule has 1 aliphatic heterocycles. The Bertz CT molecular complexity index is 175. The summed E-state index contributed by atoms with van der Waals surface area (Å²) in [5, 5.41) is 7.69. The van der Waals surface area contributed by atoms with Gasteiger partial charge in [-0.1, -0.05) is 13.8 Å². The summed E-state index contributed by atoms with van der Waals surface area (Å²) in [6.07, 6.45) is 3.37. The van der Waals surface area contributed by atoms with Gasteiger partial charge in [0.05, 0.1) is 5.84 Å². The third-order valence-corrected chi connectivity index (χ3v) is 3.02. The number of nitrogens with one attached hydrogen (secondary N) is 1. The van der Waals surface area contributed by atoms with Gasteiger partial charge < -0.3 is 9.80 Å². The van der Waals surface area contributed by atoms with E-state index in [1.807, 2.05) is 0 Å². The molecule has 1 rings (SSSR count). The topological polar surface area (TPSA) is 30.3 Å². The molecule has 3 heteroatoms. The van der Waals surface area contributed by atoms with E-state index >= 15 is 0 Å². The van der Waals surface area contributed by atoms with Crippen LogP contribution in [-0.4, -0.2) is 48.4 Å². The van der Waals surface area contributed by atoms with Crippen molar-refractivity contribution in [3.05, 3.63) is 0 Å². The second kappa shape index (κ2) is 6.02. The van der Waals surface area contributed by atoms with E-state index in [0.29, 0.717) is 0 Å². The minimum Gasteiger partial charge on any atom is -0.360 e. The second-order valence-electron chi connectivity index (χ2n) is 3.92. The number of rotatable bonds is 6. The van der Waals surface area contributed by atoms with Crippen molar-refractivity contribution in [2.24, 2.45) is 0 Å². The van der Waals surface area contributed by atoms with E-state index in [9.17, 15) is 0 Å². The van der Waals surface area contributed by atoms with Gasteiger partial charge in [-0.25, -0.2) is 0 Å². The molecule has 1 heterocycles. The van der Waals surface area contributed by atoms with Crippen molar-refractivity contribution in [3.8, 4) is 0 Å². The number of hydrogen-bond donors (Lipinski definition) is 1. The molecule has 0 aromatic carbocycles. The molecule has 82 valence electrons. The van der Waals surface area contributed by atoms with Crippen LogP contribution in [0.3, 0.4) is 0 Å². The highest BCUT2D eigenvalue weighted by atomic mass is 15.2. The van der Waals surface area contributed by atoms with E-state index in [-0.39, 0.29) is 0 Å². The molecule has 1 fully saturated rings. The molecule has 0 amide bonds. The molecule has 1 saturated heterocycles. The lowest BCUT2D eigenvalue weighted by Crippen LogP contribution is -2.30. The largest absolute Gasteiger partial charge is 0.360 e. The van der Waals surface area contributed by atoms with E-state index in [1.165, 1.54) is 19.4 Å². The maximum absolute atomic E-state index is 7.69. The van der Waals surface area contributed by atoms with Crippen LogP contribution < -0.4 is 0 Å². The summed E-state index contributed by atoms with van der Waals surface area (Å²) >= 11 is 0. The summed E-state index contributed by atoms with van der Waals surface area (Å²) in [5.74, 6) is 0.851. The van der Waals surface area contributed by atoms with Gasteiger partial charge in [0, 0.05) is 19.5 Å². The van der Waals surface area contributed by atoms with E-state index in [1.54, 1.807) is 0 Å². The Morgan fingerprint density at radius 2 is 2.07 bits per heavy atom. The predicted octanol–water partition coefficient (Wildman–Crippen LogP) is 1.79. The number of amidine groups is 1. The van der Waals surface area contributed by atoms with Gasteiger partial charge in [-0.3, -0.25) is 5.41 Å². The van der Waals surface area contributed by atoms with Crippen molar-refractivity contribution in [2.75, 3.05) is 32.7 Å². The lowest BCUT2D eigenvalue weighted by Gasteiger charge is -2.21. The highest BCUT2D eigenvalue weighted by Gasteiger charge is 2.15. The van der Waals surface area contributed by atoms with Crippen LogP contribution in [0.15, 0.2) is 0 Å². The summed E-state index contributed by atoms with van der Waals surface area (Å²) in [5.41, 5.74) is 0. The van der Waals surface area contributed by atoms with Gasteiger partial charge in [-0.2, -0.15) is 0 Å². The zero-order chi connectivity index (χ0) is 10.4. The SMILES string of the molecule is CCN(CC)CCCN1CCCC1=N. The molecule has 0 saturated carbocycles. The maximum Gasteiger partial charge on any atom is 0.0958 e.